The van der Waals surface area contributed by atoms with Gasteiger partial charge in [-0.25, -0.2) is 0 Å². The second-order valence-electron chi connectivity index (χ2n) is 22.4. The maximum Gasteiger partial charge on any atom is 0.312 e. The molecule has 0 saturated heterocycles. The Morgan fingerprint density at radius 2 is 0.850 bits per heavy atom. The zero-order valence-corrected chi connectivity index (χ0v) is 50.9. The van der Waals surface area contributed by atoms with Crippen molar-refractivity contribution in [2.45, 2.75) is 184 Å². The minimum Gasteiger partial charge on any atom is -0.460 e. The summed E-state index contributed by atoms with van der Waals surface area (Å²) >= 11 is 3.66. The summed E-state index contributed by atoms with van der Waals surface area (Å²) in [5.41, 5.74) is 10.9. The van der Waals surface area contributed by atoms with Crippen molar-refractivity contribution in [3.8, 4) is 0 Å². The predicted octanol–water partition coefficient (Wildman–Crippen LogP) is 15.8. The SMILES string of the molecule is CCc1ccc(CCCc2cc([C@@H](CCc3cn(CC)nn3)C(C)(C)C(=O)OCc3ccccc3)sc2C)cc1.CCc1ccc(CCCc2cc([C@H](CCc3cn(CC)nn3)C(C)(C)C(=O)OCc3ccccc3)sc2C)cc1. The van der Waals surface area contributed by atoms with Crippen molar-refractivity contribution in [3.05, 3.63) is 209 Å². The number of hydrogen-bond acceptors (Lipinski definition) is 10. The van der Waals surface area contributed by atoms with Crippen molar-refractivity contribution in [3.63, 3.8) is 0 Å². The zero-order valence-electron chi connectivity index (χ0n) is 49.3. The summed E-state index contributed by atoms with van der Waals surface area (Å²) in [6, 6.07) is 42.5. The maximum atomic E-state index is 13.5. The summed E-state index contributed by atoms with van der Waals surface area (Å²) in [6.07, 6.45) is 15.7. The van der Waals surface area contributed by atoms with Crippen LogP contribution in [0.2, 0.25) is 0 Å². The predicted molar refractivity (Wildman–Crippen MR) is 327 cm³/mol. The number of aromatic nitrogens is 6. The van der Waals surface area contributed by atoms with Gasteiger partial charge in [0.05, 0.1) is 22.2 Å². The molecule has 4 aromatic heterocycles. The molecule has 12 heteroatoms. The molecule has 80 heavy (non-hydrogen) atoms. The topological polar surface area (TPSA) is 114 Å². The summed E-state index contributed by atoms with van der Waals surface area (Å²) in [7, 11) is 0. The molecule has 8 aromatic rings. The van der Waals surface area contributed by atoms with Gasteiger partial charge < -0.3 is 9.47 Å². The van der Waals surface area contributed by atoms with Crippen LogP contribution in [0.15, 0.2) is 134 Å². The number of ether oxygens (including phenoxy) is 2. The number of hydrogen-bond donors (Lipinski definition) is 0. The molecule has 0 aliphatic rings. The number of rotatable bonds is 28. The molecule has 424 valence electrons. The van der Waals surface area contributed by atoms with Crippen LogP contribution < -0.4 is 0 Å². The highest BCUT2D eigenvalue weighted by Crippen LogP contribution is 2.46. The van der Waals surface area contributed by atoms with Crippen molar-refractivity contribution in [2.75, 3.05) is 0 Å². The van der Waals surface area contributed by atoms with Crippen molar-refractivity contribution in [1.82, 2.24) is 30.0 Å². The minimum absolute atomic E-state index is 0.0154. The number of thiophene rings is 2. The zero-order chi connectivity index (χ0) is 57.1. The first-order valence-corrected chi connectivity index (χ1v) is 30.8. The largest absolute Gasteiger partial charge is 0.460 e. The molecule has 0 fully saturated rings. The molecule has 0 aliphatic heterocycles. The molecule has 2 atom stereocenters. The van der Waals surface area contributed by atoms with Crippen LogP contribution in [0.3, 0.4) is 0 Å². The van der Waals surface area contributed by atoms with Gasteiger partial charge in [-0.1, -0.05) is 133 Å². The average Bonchev–Trinajstić information content (AvgIpc) is 4.35. The third-order valence-corrected chi connectivity index (χ3v) is 18.3. The van der Waals surface area contributed by atoms with Gasteiger partial charge in [-0.3, -0.25) is 19.0 Å². The van der Waals surface area contributed by atoms with Crippen molar-refractivity contribution >= 4 is 34.6 Å². The second kappa shape index (κ2) is 29.8. The monoisotopic (exact) mass is 1110 g/mol. The van der Waals surface area contributed by atoms with Gasteiger partial charge in [-0.2, -0.15) is 0 Å². The average molecular weight is 1120 g/mol. The fraction of sp³-hybridized carbons (Fsp3) is 0.441. The molecule has 0 radical (unpaired) electrons. The molecule has 0 bridgehead atoms. The Kier molecular flexibility index (Phi) is 22.8. The lowest BCUT2D eigenvalue weighted by molar-refractivity contribution is -0.157. The van der Waals surface area contributed by atoms with Crippen LogP contribution in [0.4, 0.5) is 0 Å². The van der Waals surface area contributed by atoms with Crippen LogP contribution in [0.25, 0.3) is 0 Å². The Balaban J connectivity index is 0.000000231. The van der Waals surface area contributed by atoms with Gasteiger partial charge in [-0.05, 0) is 189 Å². The lowest BCUT2D eigenvalue weighted by atomic mass is 9.75. The van der Waals surface area contributed by atoms with Gasteiger partial charge in [0, 0.05) is 56.8 Å². The van der Waals surface area contributed by atoms with E-state index < -0.39 is 10.8 Å². The molecule has 4 aromatic carbocycles. The van der Waals surface area contributed by atoms with E-state index in [4.69, 9.17) is 9.47 Å². The van der Waals surface area contributed by atoms with Gasteiger partial charge in [0.25, 0.3) is 0 Å². The smallest absolute Gasteiger partial charge is 0.312 e. The van der Waals surface area contributed by atoms with Gasteiger partial charge in [0.15, 0.2) is 0 Å². The Morgan fingerprint density at radius 3 is 1.19 bits per heavy atom. The molecular formula is C68H86N6O4S2. The molecule has 0 aliphatic carbocycles. The van der Waals surface area contributed by atoms with Gasteiger partial charge in [0.2, 0.25) is 0 Å². The first-order chi connectivity index (χ1) is 38.6. The summed E-state index contributed by atoms with van der Waals surface area (Å²) in [5.74, 6) is -0.299. The summed E-state index contributed by atoms with van der Waals surface area (Å²) in [5, 5.41) is 17.1. The standard InChI is InChI=1S/2C34H43N3O2S/c2*1-6-26-16-18-27(19-17-26)14-11-15-29-22-32(40-25(29)3)31(21-20-30-23-37(7-2)36-35-30)34(4,5)33(38)39-24-28-12-9-8-10-13-28/h2*8-10,12-13,16-19,22-23,31H,6-7,11,14-15,20-21,24H2,1-5H3/t2*31-/m10/s1. The van der Waals surface area contributed by atoms with Crippen LogP contribution >= 0.6 is 22.7 Å². The van der Waals surface area contributed by atoms with Crippen LogP contribution in [-0.2, 0) is 96.7 Å². The number of aryl methyl sites for hydroxylation is 12. The first-order valence-electron chi connectivity index (χ1n) is 29.1. The molecule has 0 N–H and O–H groups in total. The van der Waals surface area contributed by atoms with Crippen molar-refractivity contribution in [1.29, 1.82) is 0 Å². The molecule has 0 unspecified atom stereocenters. The highest BCUT2D eigenvalue weighted by Gasteiger charge is 2.41. The molecular weight excluding hydrogens is 1030 g/mol. The Labute approximate surface area is 485 Å². The van der Waals surface area contributed by atoms with E-state index in [9.17, 15) is 9.59 Å². The molecule has 0 spiro atoms. The molecule has 8 rings (SSSR count). The van der Waals surface area contributed by atoms with E-state index in [0.29, 0.717) is 0 Å². The summed E-state index contributed by atoms with van der Waals surface area (Å²) in [4.78, 5) is 32.2. The normalized spacial score (nSPS) is 12.4. The van der Waals surface area contributed by atoms with E-state index in [1.807, 2.05) is 133 Å². The Bertz CT molecular complexity index is 2920. The van der Waals surface area contributed by atoms with Crippen LogP contribution in [0.5, 0.6) is 0 Å². The van der Waals surface area contributed by atoms with E-state index in [-0.39, 0.29) is 37.0 Å². The van der Waals surface area contributed by atoms with Crippen LogP contribution in [0, 0.1) is 24.7 Å². The number of carbonyl (C=O) groups is 2. The molecule has 10 nitrogen and oxygen atoms in total. The van der Waals surface area contributed by atoms with Gasteiger partial charge >= 0.3 is 11.9 Å². The lowest BCUT2D eigenvalue weighted by Crippen LogP contribution is -2.33. The summed E-state index contributed by atoms with van der Waals surface area (Å²) < 4.78 is 15.4. The minimum atomic E-state index is -0.689. The van der Waals surface area contributed by atoms with Crippen LogP contribution in [-0.4, -0.2) is 41.9 Å². The highest BCUT2D eigenvalue weighted by molar-refractivity contribution is 7.12. The number of carbonyl (C=O) groups excluding carboxylic acids is 2. The lowest BCUT2D eigenvalue weighted by Gasteiger charge is -2.31. The third kappa shape index (κ3) is 17.3. The molecule has 0 amide bonds. The Hall–Kier alpha value is -6.50. The first kappa shape index (κ1) is 61.1. The fourth-order valence-corrected chi connectivity index (χ4v) is 13.2. The number of benzene rings is 4. The van der Waals surface area contributed by atoms with Gasteiger partial charge in [0.1, 0.15) is 13.2 Å². The van der Waals surface area contributed by atoms with E-state index in [2.05, 4.69) is 123 Å². The van der Waals surface area contributed by atoms with E-state index in [1.165, 1.54) is 52.9 Å². The van der Waals surface area contributed by atoms with Crippen molar-refractivity contribution in [2.24, 2.45) is 10.8 Å². The number of esters is 2. The van der Waals surface area contributed by atoms with E-state index in [0.717, 1.165) is 113 Å². The molecule has 4 heterocycles. The highest BCUT2D eigenvalue weighted by atomic mass is 32.1. The Morgan fingerprint density at radius 1 is 0.487 bits per heavy atom. The summed E-state index contributed by atoms with van der Waals surface area (Å²) in [6.45, 7) is 23.2. The quantitative estimate of drug-likeness (QED) is 0.0446. The fourth-order valence-electron chi connectivity index (χ4n) is 10.4. The van der Waals surface area contributed by atoms with Gasteiger partial charge in [-0.15, -0.1) is 32.9 Å². The van der Waals surface area contributed by atoms with Crippen molar-refractivity contribution < 1.29 is 19.1 Å². The molecule has 0 saturated carbocycles. The maximum absolute atomic E-state index is 13.5. The second-order valence-corrected chi connectivity index (χ2v) is 25.0. The van der Waals surface area contributed by atoms with E-state index >= 15 is 0 Å². The van der Waals surface area contributed by atoms with Crippen LogP contribution in [0.1, 0.15) is 168 Å². The third-order valence-electron chi connectivity index (χ3n) is 15.9. The van der Waals surface area contributed by atoms with E-state index in [1.54, 1.807) is 0 Å². The number of nitrogens with zero attached hydrogens (tertiary/aromatic N) is 6.